The number of H-pyrrole nitrogens is 1. The number of para-hydroxylation sites is 1. The Kier molecular flexibility index (Phi) is 6.76. The van der Waals surface area contributed by atoms with Crippen molar-refractivity contribution in [2.75, 3.05) is 6.54 Å². The van der Waals surface area contributed by atoms with Crippen LogP contribution >= 0.6 is 0 Å². The number of alkyl carbamates (subject to hydrolysis) is 1. The number of carbonyl (C=O) groups is 2. The number of aromatic nitrogens is 3. The number of rotatable bonds is 8. The van der Waals surface area contributed by atoms with E-state index in [4.69, 9.17) is 4.74 Å². The molecule has 2 aromatic heterocycles. The third-order valence-corrected chi connectivity index (χ3v) is 4.56. The van der Waals surface area contributed by atoms with Gasteiger partial charge in [-0.2, -0.15) is 0 Å². The molecule has 0 bridgehead atoms. The van der Waals surface area contributed by atoms with Crippen molar-refractivity contribution in [3.05, 3.63) is 54.7 Å². The summed E-state index contributed by atoms with van der Waals surface area (Å²) >= 11 is 0. The lowest BCUT2D eigenvalue weighted by Gasteiger charge is -2.23. The molecule has 0 fully saturated rings. The Morgan fingerprint density at radius 3 is 2.80 bits per heavy atom. The van der Waals surface area contributed by atoms with Crippen molar-refractivity contribution < 1.29 is 14.3 Å². The number of aromatic amines is 1. The van der Waals surface area contributed by atoms with Gasteiger partial charge in [-0.15, -0.1) is 0 Å². The van der Waals surface area contributed by atoms with Crippen molar-refractivity contribution in [1.82, 2.24) is 25.2 Å². The van der Waals surface area contributed by atoms with Gasteiger partial charge < -0.3 is 24.9 Å². The molecule has 0 radical (unpaired) electrons. The Balaban J connectivity index is 1.64. The Morgan fingerprint density at radius 1 is 1.27 bits per heavy atom. The maximum absolute atomic E-state index is 12.9. The van der Waals surface area contributed by atoms with Crippen LogP contribution < -0.4 is 10.6 Å². The lowest BCUT2D eigenvalue weighted by Crippen LogP contribution is -2.49. The fraction of sp³-hybridized carbons (Fsp3) is 0.409. The molecule has 2 amide bonds. The van der Waals surface area contributed by atoms with Gasteiger partial charge in [0.15, 0.2) is 0 Å². The summed E-state index contributed by atoms with van der Waals surface area (Å²) in [4.78, 5) is 32.4. The lowest BCUT2D eigenvalue weighted by molar-refractivity contribution is -0.123. The molecule has 0 spiro atoms. The SMILES string of the molecule is CC(C)(C)OC(=O)N[C@@H](Cc1c[nH]c2ccccc12)C(=O)NCCCn1ccnc1. The molecule has 0 aliphatic heterocycles. The van der Waals surface area contributed by atoms with Crippen LogP contribution in [0.15, 0.2) is 49.2 Å². The number of aryl methyl sites for hydroxylation is 1. The number of hydrogen-bond donors (Lipinski definition) is 3. The van der Waals surface area contributed by atoms with E-state index in [0.717, 1.165) is 29.4 Å². The van der Waals surface area contributed by atoms with Crippen LogP contribution in [0, 0.1) is 0 Å². The average molecular weight is 412 g/mol. The molecule has 8 nitrogen and oxygen atoms in total. The van der Waals surface area contributed by atoms with Gasteiger partial charge in [0.25, 0.3) is 0 Å². The predicted molar refractivity (Wildman–Crippen MR) is 115 cm³/mol. The van der Waals surface area contributed by atoms with Gasteiger partial charge in [-0.1, -0.05) is 18.2 Å². The van der Waals surface area contributed by atoms with E-state index in [0.29, 0.717) is 13.0 Å². The van der Waals surface area contributed by atoms with E-state index < -0.39 is 17.7 Å². The van der Waals surface area contributed by atoms with E-state index in [-0.39, 0.29) is 5.91 Å². The first-order valence-electron chi connectivity index (χ1n) is 10.1. The summed E-state index contributed by atoms with van der Waals surface area (Å²) < 4.78 is 7.30. The molecule has 0 aliphatic carbocycles. The van der Waals surface area contributed by atoms with E-state index in [9.17, 15) is 9.59 Å². The number of carbonyl (C=O) groups excluding carboxylic acids is 2. The maximum atomic E-state index is 12.9. The van der Waals surface area contributed by atoms with Gasteiger partial charge in [-0.25, -0.2) is 9.78 Å². The number of imidazole rings is 1. The normalized spacial score (nSPS) is 12.5. The molecule has 2 heterocycles. The Labute approximate surface area is 176 Å². The highest BCUT2D eigenvalue weighted by atomic mass is 16.6. The molecule has 3 N–H and O–H groups in total. The Morgan fingerprint density at radius 2 is 2.07 bits per heavy atom. The zero-order valence-corrected chi connectivity index (χ0v) is 17.6. The summed E-state index contributed by atoms with van der Waals surface area (Å²) in [5.41, 5.74) is 1.31. The first-order chi connectivity index (χ1) is 14.3. The van der Waals surface area contributed by atoms with Gasteiger partial charge in [0.05, 0.1) is 6.33 Å². The van der Waals surface area contributed by atoms with Crippen LogP contribution in [0.1, 0.15) is 32.8 Å². The first kappa shape index (κ1) is 21.4. The minimum Gasteiger partial charge on any atom is -0.444 e. The molecule has 3 rings (SSSR count). The maximum Gasteiger partial charge on any atom is 0.408 e. The van der Waals surface area contributed by atoms with Crippen molar-refractivity contribution >= 4 is 22.9 Å². The molecule has 8 heteroatoms. The Hall–Kier alpha value is -3.29. The highest BCUT2D eigenvalue weighted by molar-refractivity contribution is 5.88. The number of hydrogen-bond acceptors (Lipinski definition) is 4. The molecule has 30 heavy (non-hydrogen) atoms. The third-order valence-electron chi connectivity index (χ3n) is 4.56. The van der Waals surface area contributed by atoms with Gasteiger partial charge in [-0.05, 0) is 38.8 Å². The van der Waals surface area contributed by atoms with E-state index in [1.807, 2.05) is 41.2 Å². The highest BCUT2D eigenvalue weighted by Gasteiger charge is 2.25. The Bertz CT molecular complexity index is 972. The van der Waals surface area contributed by atoms with E-state index in [1.165, 1.54) is 0 Å². The number of amides is 2. The minimum atomic E-state index is -0.743. The number of nitrogens with zero attached hydrogens (tertiary/aromatic N) is 2. The molecular formula is C22H29N5O3. The van der Waals surface area contributed by atoms with Crippen molar-refractivity contribution in [3.8, 4) is 0 Å². The molecule has 160 valence electrons. The molecule has 0 saturated carbocycles. The summed E-state index contributed by atoms with van der Waals surface area (Å²) in [6.07, 6.45) is 7.73. The van der Waals surface area contributed by atoms with Gasteiger partial charge in [0.2, 0.25) is 5.91 Å². The molecule has 0 saturated heterocycles. The quantitative estimate of drug-likeness (QED) is 0.496. The first-order valence-corrected chi connectivity index (χ1v) is 10.1. The lowest BCUT2D eigenvalue weighted by atomic mass is 10.0. The van der Waals surface area contributed by atoms with Gasteiger partial charge in [-0.3, -0.25) is 4.79 Å². The summed E-state index contributed by atoms with van der Waals surface area (Å²) in [6, 6.07) is 7.13. The zero-order chi connectivity index (χ0) is 21.6. The van der Waals surface area contributed by atoms with Crippen LogP contribution in [-0.2, 0) is 22.5 Å². The van der Waals surface area contributed by atoms with Crippen molar-refractivity contribution in [1.29, 1.82) is 0 Å². The van der Waals surface area contributed by atoms with Crippen LogP contribution in [0.3, 0.4) is 0 Å². The molecule has 1 atom stereocenters. The predicted octanol–water partition coefficient (Wildman–Crippen LogP) is 3.01. The second-order valence-electron chi connectivity index (χ2n) is 8.21. The summed E-state index contributed by atoms with van der Waals surface area (Å²) in [6.45, 7) is 6.62. The van der Waals surface area contributed by atoms with Crippen LogP contribution in [0.4, 0.5) is 4.79 Å². The highest BCUT2D eigenvalue weighted by Crippen LogP contribution is 2.19. The number of fused-ring (bicyclic) bond motifs is 1. The van der Waals surface area contributed by atoms with Crippen LogP contribution in [0.5, 0.6) is 0 Å². The van der Waals surface area contributed by atoms with Crippen molar-refractivity contribution in [2.24, 2.45) is 0 Å². The average Bonchev–Trinajstić information content (AvgIpc) is 3.33. The third kappa shape index (κ3) is 6.10. The largest absolute Gasteiger partial charge is 0.444 e. The summed E-state index contributed by atoms with van der Waals surface area (Å²) in [7, 11) is 0. The van der Waals surface area contributed by atoms with Gasteiger partial charge in [0, 0.05) is 49.0 Å². The number of ether oxygens (including phenoxy) is 1. The monoisotopic (exact) mass is 411 g/mol. The summed E-state index contributed by atoms with van der Waals surface area (Å²) in [5.74, 6) is -0.239. The minimum absolute atomic E-state index is 0.239. The molecule has 0 unspecified atom stereocenters. The van der Waals surface area contributed by atoms with E-state index in [2.05, 4.69) is 20.6 Å². The zero-order valence-electron chi connectivity index (χ0n) is 17.6. The number of nitrogens with one attached hydrogen (secondary N) is 3. The van der Waals surface area contributed by atoms with Crippen LogP contribution in [0.2, 0.25) is 0 Å². The molecular weight excluding hydrogens is 382 g/mol. The number of benzene rings is 1. The van der Waals surface area contributed by atoms with Crippen molar-refractivity contribution in [2.45, 2.75) is 51.8 Å². The fourth-order valence-corrected chi connectivity index (χ4v) is 3.19. The van der Waals surface area contributed by atoms with Gasteiger partial charge >= 0.3 is 6.09 Å². The molecule has 3 aromatic rings. The van der Waals surface area contributed by atoms with Gasteiger partial charge in [0.1, 0.15) is 11.6 Å². The summed E-state index contributed by atoms with van der Waals surface area (Å²) in [5, 5.41) is 6.68. The van der Waals surface area contributed by atoms with Crippen molar-refractivity contribution in [3.63, 3.8) is 0 Å². The second-order valence-corrected chi connectivity index (χ2v) is 8.21. The molecule has 1 aromatic carbocycles. The smallest absolute Gasteiger partial charge is 0.408 e. The van der Waals surface area contributed by atoms with Crippen LogP contribution in [0.25, 0.3) is 10.9 Å². The van der Waals surface area contributed by atoms with E-state index in [1.54, 1.807) is 33.3 Å². The van der Waals surface area contributed by atoms with E-state index >= 15 is 0 Å². The second kappa shape index (κ2) is 9.47. The standard InChI is InChI=1S/C22H29N5O3/c1-22(2,3)30-21(29)26-19(13-16-14-25-18-8-5-4-7-17(16)18)20(28)24-9-6-11-27-12-10-23-15-27/h4-5,7-8,10,12,14-15,19,25H,6,9,11,13H2,1-3H3,(H,24,28)(H,26,29)/t19-/m0/s1. The van der Waals surface area contributed by atoms with Crippen LogP contribution in [-0.4, -0.2) is 44.7 Å². The topological polar surface area (TPSA) is 101 Å². The fourth-order valence-electron chi connectivity index (χ4n) is 3.19. The molecule has 0 aliphatic rings.